The van der Waals surface area contributed by atoms with Crippen LogP contribution in [0.4, 0.5) is 11.4 Å². The van der Waals surface area contributed by atoms with Crippen molar-refractivity contribution in [1.82, 2.24) is 0 Å². The van der Waals surface area contributed by atoms with E-state index in [4.69, 9.17) is 4.74 Å². The van der Waals surface area contributed by atoms with E-state index in [2.05, 4.69) is 4.72 Å². The Kier molecular flexibility index (Phi) is 3.00. The van der Waals surface area contributed by atoms with Crippen LogP contribution in [-0.2, 0) is 9.53 Å². The minimum Gasteiger partial charge on any atom is -0.465 e. The molecule has 2 rings (SSSR count). The zero-order valence-electron chi connectivity index (χ0n) is 8.60. The molecule has 0 saturated heterocycles. The number of anilines is 2. The lowest BCUT2D eigenvalue weighted by atomic mass is 10.1. The van der Waals surface area contributed by atoms with Crippen LogP contribution in [0.5, 0.6) is 0 Å². The maximum absolute atomic E-state index is 11.5. The first-order valence-corrected chi connectivity index (χ1v) is 5.40. The summed E-state index contributed by atoms with van der Waals surface area (Å²) >= 11 is 1.28. The predicted molar refractivity (Wildman–Crippen MR) is 62.4 cm³/mol. The number of ether oxygens (including phenoxy) is 1. The SMILES string of the molecule is COC(=O)c1cccc2c1N(CC=O)SN2. The van der Waals surface area contributed by atoms with Crippen LogP contribution in [0.3, 0.4) is 0 Å². The van der Waals surface area contributed by atoms with E-state index < -0.39 is 5.97 Å². The van der Waals surface area contributed by atoms with Gasteiger partial charge >= 0.3 is 5.97 Å². The highest BCUT2D eigenvalue weighted by molar-refractivity contribution is 8.02. The molecule has 5 nitrogen and oxygen atoms in total. The number of nitrogens with one attached hydrogen (secondary N) is 1. The molecule has 0 fully saturated rings. The van der Waals surface area contributed by atoms with Crippen LogP contribution in [0.25, 0.3) is 0 Å². The summed E-state index contributed by atoms with van der Waals surface area (Å²) in [6.07, 6.45) is 0.790. The molecule has 1 aromatic carbocycles. The average molecular weight is 238 g/mol. The number of hydrogen-bond donors (Lipinski definition) is 1. The van der Waals surface area contributed by atoms with Gasteiger partial charge < -0.3 is 14.3 Å². The summed E-state index contributed by atoms with van der Waals surface area (Å²) < 4.78 is 9.44. The van der Waals surface area contributed by atoms with E-state index in [0.29, 0.717) is 11.3 Å². The quantitative estimate of drug-likeness (QED) is 0.489. The molecule has 1 heterocycles. The van der Waals surface area contributed by atoms with E-state index in [-0.39, 0.29) is 6.54 Å². The number of methoxy groups -OCH3 is 1. The molecule has 0 radical (unpaired) electrons. The molecule has 0 atom stereocenters. The molecular formula is C10H10N2O3S. The normalized spacial score (nSPS) is 12.9. The summed E-state index contributed by atoms with van der Waals surface area (Å²) in [5.74, 6) is -0.406. The van der Waals surface area contributed by atoms with Crippen molar-refractivity contribution in [3.8, 4) is 0 Å². The third-order valence-electron chi connectivity index (χ3n) is 2.20. The Labute approximate surface area is 97.0 Å². The minimum absolute atomic E-state index is 0.221. The van der Waals surface area contributed by atoms with E-state index in [1.54, 1.807) is 16.4 Å². The number of benzene rings is 1. The molecule has 0 aliphatic carbocycles. The van der Waals surface area contributed by atoms with E-state index in [0.717, 1.165) is 12.0 Å². The number of carbonyl (C=O) groups excluding carboxylic acids is 2. The van der Waals surface area contributed by atoms with Crippen LogP contribution in [0.1, 0.15) is 10.4 Å². The smallest absolute Gasteiger partial charge is 0.340 e. The molecule has 0 amide bonds. The molecule has 0 aromatic heterocycles. The lowest BCUT2D eigenvalue weighted by Crippen LogP contribution is -2.17. The van der Waals surface area contributed by atoms with Crippen LogP contribution in [0, 0.1) is 0 Å². The summed E-state index contributed by atoms with van der Waals surface area (Å²) in [6.45, 7) is 0.221. The number of para-hydroxylation sites is 1. The van der Waals surface area contributed by atoms with Crippen molar-refractivity contribution >= 4 is 35.8 Å². The van der Waals surface area contributed by atoms with Crippen molar-refractivity contribution in [1.29, 1.82) is 0 Å². The summed E-state index contributed by atoms with van der Waals surface area (Å²) in [5, 5.41) is 0. The number of fused-ring (bicyclic) bond motifs is 1. The van der Waals surface area contributed by atoms with Crippen molar-refractivity contribution in [2.75, 3.05) is 22.7 Å². The monoisotopic (exact) mass is 238 g/mol. The van der Waals surface area contributed by atoms with E-state index in [1.807, 2.05) is 6.07 Å². The second kappa shape index (κ2) is 4.44. The molecule has 0 saturated carbocycles. The minimum atomic E-state index is -0.406. The van der Waals surface area contributed by atoms with Gasteiger partial charge in [-0.1, -0.05) is 6.07 Å². The molecule has 0 unspecified atom stereocenters. The van der Waals surface area contributed by atoms with Crippen molar-refractivity contribution in [3.63, 3.8) is 0 Å². The van der Waals surface area contributed by atoms with E-state index >= 15 is 0 Å². The van der Waals surface area contributed by atoms with Crippen LogP contribution in [-0.4, -0.2) is 25.9 Å². The number of rotatable bonds is 3. The lowest BCUT2D eigenvalue weighted by Gasteiger charge is -2.14. The van der Waals surface area contributed by atoms with Gasteiger partial charge in [0.25, 0.3) is 0 Å². The van der Waals surface area contributed by atoms with Crippen LogP contribution < -0.4 is 9.03 Å². The number of hydrogen-bond acceptors (Lipinski definition) is 6. The molecule has 1 N–H and O–H groups in total. The fourth-order valence-electron chi connectivity index (χ4n) is 1.52. The molecule has 1 aromatic rings. The summed E-state index contributed by atoms with van der Waals surface area (Å²) in [7, 11) is 1.33. The van der Waals surface area contributed by atoms with Gasteiger partial charge in [-0.25, -0.2) is 4.79 Å². The molecule has 1 aliphatic heterocycles. The molecule has 1 aliphatic rings. The van der Waals surface area contributed by atoms with Gasteiger partial charge in [-0.3, -0.25) is 4.31 Å². The Balaban J connectivity index is 2.44. The summed E-state index contributed by atoms with van der Waals surface area (Å²) in [6, 6.07) is 5.29. The molecule has 84 valence electrons. The maximum Gasteiger partial charge on any atom is 0.340 e. The van der Waals surface area contributed by atoms with Gasteiger partial charge in [0.2, 0.25) is 0 Å². The van der Waals surface area contributed by atoms with Crippen molar-refractivity contribution in [2.45, 2.75) is 0 Å². The Hall–Kier alpha value is -1.69. The lowest BCUT2D eigenvalue weighted by molar-refractivity contribution is -0.106. The molecule has 16 heavy (non-hydrogen) atoms. The Morgan fingerprint density at radius 2 is 2.44 bits per heavy atom. The van der Waals surface area contributed by atoms with Crippen LogP contribution in [0.15, 0.2) is 18.2 Å². The Morgan fingerprint density at radius 3 is 3.12 bits per heavy atom. The fraction of sp³-hybridized carbons (Fsp3) is 0.200. The second-order valence-electron chi connectivity index (χ2n) is 3.11. The highest BCUT2D eigenvalue weighted by Crippen LogP contribution is 2.41. The molecular weight excluding hydrogens is 228 g/mol. The van der Waals surface area contributed by atoms with E-state index in [9.17, 15) is 9.59 Å². The fourth-order valence-corrected chi connectivity index (χ4v) is 2.31. The van der Waals surface area contributed by atoms with Crippen molar-refractivity contribution < 1.29 is 14.3 Å². The van der Waals surface area contributed by atoms with Gasteiger partial charge in [0.05, 0.1) is 42.7 Å². The van der Waals surface area contributed by atoms with Crippen LogP contribution >= 0.6 is 12.1 Å². The molecule has 0 bridgehead atoms. The maximum atomic E-state index is 11.5. The first-order valence-electron chi connectivity index (χ1n) is 4.63. The third-order valence-corrected chi connectivity index (χ3v) is 3.06. The Bertz CT molecular complexity index is 436. The Morgan fingerprint density at radius 1 is 1.62 bits per heavy atom. The van der Waals surface area contributed by atoms with Gasteiger partial charge in [-0.15, -0.1) is 0 Å². The average Bonchev–Trinajstić information content (AvgIpc) is 2.72. The van der Waals surface area contributed by atoms with Crippen molar-refractivity contribution in [2.24, 2.45) is 0 Å². The summed E-state index contributed by atoms with van der Waals surface area (Å²) in [5.41, 5.74) is 1.97. The topological polar surface area (TPSA) is 58.6 Å². The van der Waals surface area contributed by atoms with Gasteiger partial charge in [0.15, 0.2) is 0 Å². The highest BCUT2D eigenvalue weighted by Gasteiger charge is 2.26. The molecule has 0 spiro atoms. The van der Waals surface area contributed by atoms with Gasteiger partial charge in [-0.2, -0.15) is 0 Å². The van der Waals surface area contributed by atoms with Gasteiger partial charge in [0, 0.05) is 0 Å². The highest BCUT2D eigenvalue weighted by atomic mass is 32.2. The standard InChI is InChI=1S/C10H10N2O3S/c1-15-10(14)7-3-2-4-8-9(7)12(5-6-13)16-11-8/h2-4,6,11H,5H2,1H3. The molecule has 6 heteroatoms. The number of aldehydes is 1. The van der Waals surface area contributed by atoms with Crippen LogP contribution in [0.2, 0.25) is 0 Å². The number of carbonyl (C=O) groups is 2. The zero-order chi connectivity index (χ0) is 11.5. The van der Waals surface area contributed by atoms with Gasteiger partial charge in [-0.05, 0) is 12.1 Å². The second-order valence-corrected chi connectivity index (χ2v) is 3.94. The summed E-state index contributed by atoms with van der Waals surface area (Å²) in [4.78, 5) is 22.1. The van der Waals surface area contributed by atoms with E-state index in [1.165, 1.54) is 19.2 Å². The largest absolute Gasteiger partial charge is 0.465 e. The first-order chi connectivity index (χ1) is 7.77. The van der Waals surface area contributed by atoms with Gasteiger partial charge in [0.1, 0.15) is 6.29 Å². The zero-order valence-corrected chi connectivity index (χ0v) is 9.41. The van der Waals surface area contributed by atoms with Crippen molar-refractivity contribution in [3.05, 3.63) is 23.8 Å². The number of esters is 1. The number of nitrogens with zero attached hydrogens (tertiary/aromatic N) is 1. The first kappa shape index (κ1) is 10.8. The predicted octanol–water partition coefficient (Wildman–Crippen LogP) is 1.47. The third kappa shape index (κ3) is 1.71.